The topological polar surface area (TPSA) is 195 Å². The number of carbonyl (C=O) groups excluding carboxylic acids is 4. The molecule has 0 bridgehead atoms. The molecule has 2 saturated heterocycles. The van der Waals surface area contributed by atoms with Gasteiger partial charge >= 0.3 is 11.9 Å². The summed E-state index contributed by atoms with van der Waals surface area (Å²) >= 11 is 0. The molecule has 1 aliphatic carbocycles. The highest BCUT2D eigenvalue weighted by atomic mass is 16.6. The first-order chi connectivity index (χ1) is 21.9. The second-order valence-electron chi connectivity index (χ2n) is 12.2. The van der Waals surface area contributed by atoms with Crippen molar-refractivity contribution in [2.75, 3.05) is 7.11 Å². The third-order valence-electron chi connectivity index (χ3n) is 9.42. The number of hydrogen-bond acceptors (Lipinski definition) is 13. The zero-order chi connectivity index (χ0) is 32.5. The van der Waals surface area contributed by atoms with Gasteiger partial charge in [0.15, 0.2) is 0 Å². The van der Waals surface area contributed by atoms with E-state index >= 15 is 0 Å². The number of phenols is 3. The third kappa shape index (κ3) is 3.57. The molecule has 8 rings (SSSR count). The Hall–Kier alpha value is -5.14. The van der Waals surface area contributed by atoms with Crippen molar-refractivity contribution in [1.29, 1.82) is 0 Å². The minimum atomic E-state index is -1.26. The van der Waals surface area contributed by atoms with Crippen LogP contribution in [0.2, 0.25) is 0 Å². The third-order valence-corrected chi connectivity index (χ3v) is 9.42. The lowest BCUT2D eigenvalue weighted by molar-refractivity contribution is -0.110. The Bertz CT molecular complexity index is 2020. The maximum Gasteiger partial charge on any atom is 0.342 e. The highest BCUT2D eigenvalue weighted by molar-refractivity contribution is 6.62. The molecule has 0 saturated carbocycles. The molecule has 46 heavy (non-hydrogen) atoms. The average molecular weight is 631 g/mol. The van der Waals surface area contributed by atoms with Gasteiger partial charge in [-0.25, -0.2) is 9.59 Å². The average Bonchev–Trinajstić information content (AvgIpc) is 3.57. The molecule has 6 atom stereocenters. The Labute approximate surface area is 259 Å². The van der Waals surface area contributed by atoms with Crippen LogP contribution in [0, 0.1) is 0 Å². The van der Waals surface area contributed by atoms with Gasteiger partial charge in [0.2, 0.25) is 11.6 Å². The number of allylic oxidation sites excluding steroid dienone is 1. The van der Waals surface area contributed by atoms with E-state index in [-0.39, 0.29) is 51.0 Å². The molecule has 0 spiro atoms. The van der Waals surface area contributed by atoms with Gasteiger partial charge in [-0.05, 0) is 37.4 Å². The lowest BCUT2D eigenvalue weighted by Gasteiger charge is -2.30. The van der Waals surface area contributed by atoms with Crippen LogP contribution in [0.3, 0.4) is 0 Å². The highest BCUT2D eigenvalue weighted by Gasteiger charge is 2.49. The highest BCUT2D eigenvalue weighted by Crippen LogP contribution is 2.54. The molecule has 3 aromatic rings. The normalized spacial score (nSPS) is 27.9. The van der Waals surface area contributed by atoms with Crippen molar-refractivity contribution in [3.05, 3.63) is 57.1 Å². The number of Topliss-reactive ketones (excluding diaryl/α,β-unsaturated/α-hetero) is 2. The SMILES string of the molecule is COc1cc2cc3c(c(O)c2c(O)c1C1=C(O)c2c(cc4c(c2O)C(=O)OC2CC(C)OC42)C(=O)C1=O)C(=O)OC1CC(C)OC31. The predicted molar refractivity (Wildman–Crippen MR) is 155 cm³/mol. The second kappa shape index (κ2) is 9.44. The molecule has 4 aliphatic heterocycles. The van der Waals surface area contributed by atoms with E-state index in [9.17, 15) is 39.6 Å². The van der Waals surface area contributed by atoms with Crippen molar-refractivity contribution in [3.8, 4) is 23.0 Å². The molecule has 13 nitrogen and oxygen atoms in total. The number of hydrogen-bond donors (Lipinski definition) is 4. The maximum absolute atomic E-state index is 13.7. The molecule has 6 unspecified atom stereocenters. The molecule has 3 aromatic carbocycles. The molecule has 0 aromatic heterocycles. The van der Waals surface area contributed by atoms with Crippen LogP contribution in [-0.4, -0.2) is 75.5 Å². The summed E-state index contributed by atoms with van der Waals surface area (Å²) in [4.78, 5) is 53.3. The number of aliphatic hydroxyl groups is 1. The van der Waals surface area contributed by atoms with Gasteiger partial charge in [0.1, 0.15) is 64.3 Å². The number of ether oxygens (including phenoxy) is 5. The summed E-state index contributed by atoms with van der Waals surface area (Å²) in [5, 5.41) is 45.8. The van der Waals surface area contributed by atoms with Crippen molar-refractivity contribution in [1.82, 2.24) is 0 Å². The fourth-order valence-electron chi connectivity index (χ4n) is 7.46. The van der Waals surface area contributed by atoms with Crippen LogP contribution in [0.1, 0.15) is 92.2 Å². The maximum atomic E-state index is 13.7. The Balaban J connectivity index is 1.36. The van der Waals surface area contributed by atoms with E-state index in [0.717, 1.165) is 0 Å². The van der Waals surface area contributed by atoms with Crippen molar-refractivity contribution in [2.24, 2.45) is 0 Å². The number of aliphatic hydroxyl groups excluding tert-OH is 1. The first kappa shape index (κ1) is 28.3. The standard InChI is InChI=1S/C33H26O13/c1-9-4-16-30(43-9)13-6-11-7-15(42-3)22(26(36)18(11)25(35)20(13)32(40)45-16)23-28(38)19-12(24(34)29(23)39)8-14-21(27(19)37)33(41)46-17-5-10(2)44-31(14)17/h6-10,16-17,30-31,35-38H,4-5H2,1-3H3. The number of benzene rings is 3. The van der Waals surface area contributed by atoms with Gasteiger partial charge < -0.3 is 44.1 Å². The lowest BCUT2D eigenvalue weighted by atomic mass is 9.80. The number of ketones is 2. The fourth-order valence-corrected chi connectivity index (χ4v) is 7.46. The summed E-state index contributed by atoms with van der Waals surface area (Å²) in [5.74, 6) is -7.55. The Morgan fingerprint density at radius 3 is 1.83 bits per heavy atom. The van der Waals surface area contributed by atoms with Gasteiger partial charge in [-0.15, -0.1) is 0 Å². The molecular weight excluding hydrogens is 604 g/mol. The van der Waals surface area contributed by atoms with Crippen LogP contribution >= 0.6 is 0 Å². The lowest BCUT2D eigenvalue weighted by Crippen LogP contribution is -2.31. The molecule has 5 aliphatic rings. The van der Waals surface area contributed by atoms with Gasteiger partial charge in [-0.1, -0.05) is 0 Å². The Kier molecular flexibility index (Phi) is 5.82. The molecule has 13 heteroatoms. The smallest absolute Gasteiger partial charge is 0.342 e. The molecule has 236 valence electrons. The monoisotopic (exact) mass is 630 g/mol. The molecule has 4 N–H and O–H groups in total. The molecule has 0 amide bonds. The summed E-state index contributed by atoms with van der Waals surface area (Å²) in [6.07, 6.45) is -2.36. The number of phenolic OH excluding ortho intramolecular Hbond substituents is 3. The van der Waals surface area contributed by atoms with E-state index in [4.69, 9.17) is 23.7 Å². The largest absolute Gasteiger partial charge is 0.506 e. The molecular formula is C33H26O13. The van der Waals surface area contributed by atoms with Crippen molar-refractivity contribution in [2.45, 2.75) is 63.3 Å². The number of rotatable bonds is 2. The summed E-state index contributed by atoms with van der Waals surface area (Å²) in [6.45, 7) is 3.60. The number of fused-ring (bicyclic) bond motifs is 8. The van der Waals surface area contributed by atoms with Crippen molar-refractivity contribution < 1.29 is 63.3 Å². The van der Waals surface area contributed by atoms with Crippen LogP contribution in [0.15, 0.2) is 18.2 Å². The van der Waals surface area contributed by atoms with Crippen molar-refractivity contribution in [3.63, 3.8) is 0 Å². The summed E-state index contributed by atoms with van der Waals surface area (Å²) in [7, 11) is 1.22. The fraction of sp³-hybridized carbons (Fsp3) is 0.333. The van der Waals surface area contributed by atoms with E-state index in [1.807, 2.05) is 6.92 Å². The van der Waals surface area contributed by atoms with Gasteiger partial charge in [0.05, 0.1) is 41.4 Å². The quantitative estimate of drug-likeness (QED) is 0.235. The molecule has 4 heterocycles. The Morgan fingerprint density at radius 1 is 0.696 bits per heavy atom. The van der Waals surface area contributed by atoms with Gasteiger partial charge in [-0.2, -0.15) is 0 Å². The number of esters is 2. The van der Waals surface area contributed by atoms with Gasteiger partial charge in [-0.3, -0.25) is 9.59 Å². The summed E-state index contributed by atoms with van der Waals surface area (Å²) < 4.78 is 28.3. The number of aromatic hydroxyl groups is 3. The van der Waals surface area contributed by atoms with Crippen LogP contribution < -0.4 is 4.74 Å². The van der Waals surface area contributed by atoms with E-state index in [1.165, 1.54) is 25.3 Å². The van der Waals surface area contributed by atoms with Gasteiger partial charge in [0.25, 0.3) is 0 Å². The zero-order valence-corrected chi connectivity index (χ0v) is 24.6. The first-order valence-corrected chi connectivity index (χ1v) is 14.7. The van der Waals surface area contributed by atoms with Crippen LogP contribution in [-0.2, 0) is 23.7 Å². The van der Waals surface area contributed by atoms with Crippen LogP contribution in [0.5, 0.6) is 23.0 Å². The van der Waals surface area contributed by atoms with E-state index in [1.54, 1.807) is 6.92 Å². The number of carbonyl (C=O) groups is 4. The minimum Gasteiger partial charge on any atom is -0.506 e. The Morgan fingerprint density at radius 2 is 1.24 bits per heavy atom. The van der Waals surface area contributed by atoms with E-state index in [2.05, 4.69) is 0 Å². The summed E-state index contributed by atoms with van der Waals surface area (Å²) in [5.41, 5.74) is -2.24. The molecule has 0 radical (unpaired) electrons. The minimum absolute atomic E-state index is 0.148. The second-order valence-corrected chi connectivity index (χ2v) is 12.2. The first-order valence-electron chi connectivity index (χ1n) is 14.7. The van der Waals surface area contributed by atoms with E-state index in [0.29, 0.717) is 18.4 Å². The van der Waals surface area contributed by atoms with Crippen LogP contribution in [0.25, 0.3) is 22.1 Å². The van der Waals surface area contributed by atoms with Crippen LogP contribution in [0.4, 0.5) is 0 Å². The zero-order valence-electron chi connectivity index (χ0n) is 24.6. The van der Waals surface area contributed by atoms with Crippen molar-refractivity contribution >= 4 is 45.6 Å². The predicted octanol–water partition coefficient (Wildman–Crippen LogP) is 3.93. The molecule has 2 fully saturated rings. The van der Waals surface area contributed by atoms with Gasteiger partial charge in [0, 0.05) is 29.5 Å². The summed E-state index contributed by atoms with van der Waals surface area (Å²) in [6, 6.07) is 4.12. The van der Waals surface area contributed by atoms with E-state index < -0.39 is 87.6 Å². The number of methoxy groups -OCH3 is 1.